The van der Waals surface area contributed by atoms with E-state index in [0.717, 1.165) is 0 Å². The fourth-order valence-electron chi connectivity index (χ4n) is 1.34. The molecular formula is C14H32N2O4. The zero-order chi connectivity index (χ0) is 16.6. The lowest BCUT2D eigenvalue weighted by Crippen LogP contribution is -2.21. The Morgan fingerprint density at radius 2 is 0.750 bits per heavy atom. The van der Waals surface area contributed by atoms with Gasteiger partial charge in [-0.25, -0.2) is 9.59 Å². The minimum Gasteiger partial charge on any atom is -0.473 e. The maximum atomic E-state index is 9.10. The van der Waals surface area contributed by atoms with Crippen LogP contribution in [0.5, 0.6) is 0 Å². The van der Waals surface area contributed by atoms with Crippen LogP contribution < -0.4 is 0 Å². The number of carbonyl (C=O) groups is 2. The Balaban J connectivity index is -0.000000218. The van der Waals surface area contributed by atoms with E-state index in [9.17, 15) is 0 Å². The van der Waals surface area contributed by atoms with E-state index in [1.54, 1.807) is 0 Å². The van der Waals surface area contributed by atoms with Crippen molar-refractivity contribution in [1.82, 2.24) is 9.80 Å². The highest BCUT2D eigenvalue weighted by molar-refractivity contribution is 6.27. The standard InChI is InChI=1S/2C6H15N.C2H2O4/c2*1-4-7(5-2)6-3;3-1(4)2(5)6/h2*4-6H2,1-3H3;(H,3,4)(H,5,6). The van der Waals surface area contributed by atoms with Crippen LogP contribution in [0, 0.1) is 0 Å². The summed E-state index contributed by atoms with van der Waals surface area (Å²) in [4.78, 5) is 22.9. The van der Waals surface area contributed by atoms with Crippen molar-refractivity contribution in [3.63, 3.8) is 0 Å². The van der Waals surface area contributed by atoms with Crippen LogP contribution in [-0.2, 0) is 9.59 Å². The monoisotopic (exact) mass is 292 g/mol. The van der Waals surface area contributed by atoms with Gasteiger partial charge in [0.05, 0.1) is 0 Å². The Hall–Kier alpha value is -1.14. The molecular weight excluding hydrogens is 260 g/mol. The van der Waals surface area contributed by atoms with Gasteiger partial charge in [0.15, 0.2) is 0 Å². The number of aliphatic carboxylic acids is 2. The van der Waals surface area contributed by atoms with Crippen LogP contribution in [0.25, 0.3) is 0 Å². The second-order valence-electron chi connectivity index (χ2n) is 3.85. The van der Waals surface area contributed by atoms with Gasteiger partial charge in [-0.3, -0.25) is 0 Å². The third-order valence-electron chi connectivity index (χ3n) is 2.87. The molecule has 20 heavy (non-hydrogen) atoms. The van der Waals surface area contributed by atoms with Gasteiger partial charge in [0.25, 0.3) is 0 Å². The van der Waals surface area contributed by atoms with Gasteiger partial charge in [0.2, 0.25) is 0 Å². The number of carboxylic acid groups (broad SMARTS) is 2. The molecule has 6 heteroatoms. The van der Waals surface area contributed by atoms with E-state index in [4.69, 9.17) is 19.8 Å². The van der Waals surface area contributed by atoms with E-state index in [1.165, 1.54) is 39.3 Å². The zero-order valence-corrected chi connectivity index (χ0v) is 13.8. The average Bonchev–Trinajstić information content (AvgIpc) is 2.44. The first-order valence-corrected chi connectivity index (χ1v) is 7.25. The van der Waals surface area contributed by atoms with E-state index >= 15 is 0 Å². The normalized spacial score (nSPS) is 9.40. The molecule has 0 saturated heterocycles. The molecule has 0 aromatic carbocycles. The molecule has 2 N–H and O–H groups in total. The summed E-state index contributed by atoms with van der Waals surface area (Å²) < 4.78 is 0. The number of hydrogen-bond donors (Lipinski definition) is 2. The van der Waals surface area contributed by atoms with Crippen LogP contribution in [0.15, 0.2) is 0 Å². The molecule has 0 bridgehead atoms. The molecule has 0 saturated carbocycles. The molecule has 0 heterocycles. The molecule has 122 valence electrons. The summed E-state index contributed by atoms with van der Waals surface area (Å²) in [5, 5.41) is 14.8. The molecule has 0 rings (SSSR count). The van der Waals surface area contributed by atoms with Crippen molar-refractivity contribution in [3.05, 3.63) is 0 Å². The molecule has 0 amide bonds. The molecule has 0 aromatic heterocycles. The summed E-state index contributed by atoms with van der Waals surface area (Å²) in [6.45, 7) is 20.2. The summed E-state index contributed by atoms with van der Waals surface area (Å²) in [6, 6.07) is 0. The highest BCUT2D eigenvalue weighted by atomic mass is 16.4. The minimum absolute atomic E-state index is 1.19. The third-order valence-corrected chi connectivity index (χ3v) is 2.87. The van der Waals surface area contributed by atoms with E-state index in [-0.39, 0.29) is 0 Å². The van der Waals surface area contributed by atoms with Gasteiger partial charge < -0.3 is 20.0 Å². The highest BCUT2D eigenvalue weighted by Crippen LogP contribution is 1.82. The van der Waals surface area contributed by atoms with Crippen molar-refractivity contribution >= 4 is 11.9 Å². The van der Waals surface area contributed by atoms with Crippen LogP contribution in [0.4, 0.5) is 0 Å². The van der Waals surface area contributed by atoms with Crippen molar-refractivity contribution in [1.29, 1.82) is 0 Å². The van der Waals surface area contributed by atoms with Crippen LogP contribution in [0.3, 0.4) is 0 Å². The third kappa shape index (κ3) is 19.2. The maximum Gasteiger partial charge on any atom is 0.414 e. The first-order valence-electron chi connectivity index (χ1n) is 7.25. The predicted molar refractivity (Wildman–Crippen MR) is 82.2 cm³/mol. The van der Waals surface area contributed by atoms with Crippen molar-refractivity contribution in [2.45, 2.75) is 41.5 Å². The Labute approximate surface area is 123 Å². The fourth-order valence-corrected chi connectivity index (χ4v) is 1.34. The largest absolute Gasteiger partial charge is 0.473 e. The Morgan fingerprint density at radius 1 is 0.600 bits per heavy atom. The van der Waals surface area contributed by atoms with Crippen molar-refractivity contribution in [2.75, 3.05) is 39.3 Å². The molecule has 0 atom stereocenters. The smallest absolute Gasteiger partial charge is 0.414 e. The summed E-state index contributed by atoms with van der Waals surface area (Å²) in [5.74, 6) is -3.65. The lowest BCUT2D eigenvalue weighted by atomic mass is 10.5. The molecule has 0 unspecified atom stereocenters. The van der Waals surface area contributed by atoms with Gasteiger partial charge in [0, 0.05) is 0 Å². The van der Waals surface area contributed by atoms with Crippen LogP contribution in [0.1, 0.15) is 41.5 Å². The molecule has 0 aliphatic rings. The van der Waals surface area contributed by atoms with Gasteiger partial charge in [-0.15, -0.1) is 0 Å². The minimum atomic E-state index is -1.82. The SMILES string of the molecule is CCN(CC)CC.CCN(CC)CC.O=C(O)C(=O)O. The number of rotatable bonds is 6. The molecule has 0 radical (unpaired) electrons. The summed E-state index contributed by atoms with van der Waals surface area (Å²) >= 11 is 0. The Kier molecular flexibility index (Phi) is 21.4. The van der Waals surface area contributed by atoms with Gasteiger partial charge in [-0.1, -0.05) is 41.5 Å². The highest BCUT2D eigenvalue weighted by Gasteiger charge is 2.04. The Morgan fingerprint density at radius 3 is 0.750 bits per heavy atom. The zero-order valence-electron chi connectivity index (χ0n) is 13.8. The number of hydrogen-bond acceptors (Lipinski definition) is 4. The van der Waals surface area contributed by atoms with Gasteiger partial charge in [-0.05, 0) is 39.3 Å². The molecule has 0 spiro atoms. The average molecular weight is 292 g/mol. The lowest BCUT2D eigenvalue weighted by Gasteiger charge is -2.13. The topological polar surface area (TPSA) is 81.1 Å². The lowest BCUT2D eigenvalue weighted by molar-refractivity contribution is -0.159. The van der Waals surface area contributed by atoms with E-state index in [0.29, 0.717) is 0 Å². The van der Waals surface area contributed by atoms with Crippen LogP contribution in [-0.4, -0.2) is 71.2 Å². The van der Waals surface area contributed by atoms with Crippen LogP contribution >= 0.6 is 0 Å². The first-order chi connectivity index (χ1) is 9.33. The number of nitrogens with zero attached hydrogens (tertiary/aromatic N) is 2. The van der Waals surface area contributed by atoms with E-state index < -0.39 is 11.9 Å². The maximum absolute atomic E-state index is 9.10. The second-order valence-corrected chi connectivity index (χ2v) is 3.85. The molecule has 0 aliphatic carbocycles. The van der Waals surface area contributed by atoms with E-state index in [2.05, 4.69) is 51.3 Å². The Bertz CT molecular complexity index is 192. The van der Waals surface area contributed by atoms with Crippen molar-refractivity contribution in [2.24, 2.45) is 0 Å². The molecule has 0 fully saturated rings. The van der Waals surface area contributed by atoms with E-state index in [1.807, 2.05) is 0 Å². The molecule has 6 nitrogen and oxygen atoms in total. The van der Waals surface area contributed by atoms with Gasteiger partial charge in [-0.2, -0.15) is 0 Å². The summed E-state index contributed by atoms with van der Waals surface area (Å²) in [6.07, 6.45) is 0. The van der Waals surface area contributed by atoms with Crippen molar-refractivity contribution in [3.8, 4) is 0 Å². The van der Waals surface area contributed by atoms with Crippen molar-refractivity contribution < 1.29 is 19.8 Å². The predicted octanol–water partition coefficient (Wildman–Crippen LogP) is 1.85. The second kappa shape index (κ2) is 17.9. The molecule has 0 aliphatic heterocycles. The summed E-state index contributed by atoms with van der Waals surface area (Å²) in [5.41, 5.74) is 0. The number of carboxylic acids is 2. The first kappa shape index (κ1) is 23.9. The van der Waals surface area contributed by atoms with Crippen LogP contribution in [0.2, 0.25) is 0 Å². The van der Waals surface area contributed by atoms with Gasteiger partial charge >= 0.3 is 11.9 Å². The summed E-state index contributed by atoms with van der Waals surface area (Å²) in [7, 11) is 0. The quantitative estimate of drug-likeness (QED) is 0.727. The molecule has 0 aromatic rings. The van der Waals surface area contributed by atoms with Gasteiger partial charge in [0.1, 0.15) is 0 Å². The fraction of sp³-hybridized carbons (Fsp3) is 0.857.